The molecule has 0 aromatic heterocycles. The Labute approximate surface area is 168 Å². The summed E-state index contributed by atoms with van der Waals surface area (Å²) in [5, 5.41) is 0. The molecule has 6 nitrogen and oxygen atoms in total. The molecule has 3 unspecified atom stereocenters. The first-order valence-electron chi connectivity index (χ1n) is 8.77. The third-order valence-electron chi connectivity index (χ3n) is 5.74. The van der Waals surface area contributed by atoms with E-state index in [0.717, 1.165) is 12.2 Å². The maximum Gasteiger partial charge on any atom is 0.407 e. The Kier molecular flexibility index (Phi) is 4.36. The topological polar surface area (TPSA) is 86.7 Å². The lowest BCUT2D eigenvalue weighted by Crippen LogP contribution is -2.56. The number of carbonyl (C=O) groups is 4. The number of allylic oxidation sites excluding steroid dienone is 4. The van der Waals surface area contributed by atoms with Crippen molar-refractivity contribution in [1.29, 1.82) is 0 Å². The van der Waals surface area contributed by atoms with Gasteiger partial charge in [0, 0.05) is 5.92 Å². The van der Waals surface area contributed by atoms with Crippen LogP contribution in [0.2, 0.25) is 0 Å². The number of esters is 4. The molecule has 0 spiro atoms. The predicted molar refractivity (Wildman–Crippen MR) is 85.2 cm³/mol. The number of ether oxygens (including phenoxy) is 2. The lowest BCUT2D eigenvalue weighted by atomic mass is 9.63. The van der Waals surface area contributed by atoms with Crippen LogP contribution >= 0.6 is 0 Å². The number of hydrogen-bond donors (Lipinski definition) is 0. The second kappa shape index (κ2) is 6.41. The molecule has 0 amide bonds. The van der Waals surface area contributed by atoms with Crippen LogP contribution in [0.4, 0.5) is 26.3 Å². The summed E-state index contributed by atoms with van der Waals surface area (Å²) in [7, 11) is 0. The van der Waals surface area contributed by atoms with Crippen LogP contribution in [0.5, 0.6) is 0 Å². The van der Waals surface area contributed by atoms with Gasteiger partial charge >= 0.3 is 36.2 Å². The van der Waals surface area contributed by atoms with Crippen molar-refractivity contribution in [1.82, 2.24) is 0 Å². The predicted octanol–water partition coefficient (Wildman–Crippen LogP) is 2.87. The molecule has 2 aliphatic carbocycles. The van der Waals surface area contributed by atoms with E-state index >= 15 is 0 Å². The number of carbonyl (C=O) groups excluding carboxylic acids is 4. The van der Waals surface area contributed by atoms with E-state index in [1.165, 1.54) is 0 Å². The van der Waals surface area contributed by atoms with Gasteiger partial charge in [0.2, 0.25) is 0 Å². The van der Waals surface area contributed by atoms with Gasteiger partial charge in [0.1, 0.15) is 0 Å². The quantitative estimate of drug-likeness (QED) is 0.367. The zero-order valence-corrected chi connectivity index (χ0v) is 15.0. The van der Waals surface area contributed by atoms with Gasteiger partial charge < -0.3 is 9.47 Å². The SMILES string of the molecule is O=C1OC(=O)C2=CC(C(C3=CC4C(=O)OC(=O)C4C=C3)(C(F)(F)F)C(F)(F)F)CC=C12. The number of alkyl halides is 6. The van der Waals surface area contributed by atoms with E-state index in [1.54, 1.807) is 0 Å². The molecule has 0 radical (unpaired) electrons. The van der Waals surface area contributed by atoms with Crippen LogP contribution in [0.3, 0.4) is 0 Å². The molecule has 0 saturated carbocycles. The van der Waals surface area contributed by atoms with E-state index in [1.807, 2.05) is 0 Å². The summed E-state index contributed by atoms with van der Waals surface area (Å²) in [4.78, 5) is 46.7. The van der Waals surface area contributed by atoms with E-state index in [2.05, 4.69) is 9.47 Å². The number of fused-ring (bicyclic) bond motifs is 2. The Balaban J connectivity index is 1.91. The number of hydrogen-bond acceptors (Lipinski definition) is 6. The van der Waals surface area contributed by atoms with Gasteiger partial charge in [-0.15, -0.1) is 0 Å². The molecular formula is C19H10F6O6. The second-order valence-electron chi connectivity index (χ2n) is 7.29. The van der Waals surface area contributed by atoms with Crippen molar-refractivity contribution < 1.29 is 55.0 Å². The van der Waals surface area contributed by atoms with Crippen molar-refractivity contribution in [3.8, 4) is 0 Å². The third kappa shape index (κ3) is 2.80. The van der Waals surface area contributed by atoms with Gasteiger partial charge in [-0.25, -0.2) is 9.59 Å². The van der Waals surface area contributed by atoms with Gasteiger partial charge in [-0.2, -0.15) is 26.3 Å². The Morgan fingerprint density at radius 2 is 1.35 bits per heavy atom. The van der Waals surface area contributed by atoms with E-state index < -0.39 is 82.5 Å². The van der Waals surface area contributed by atoms with Crippen LogP contribution < -0.4 is 0 Å². The molecule has 2 heterocycles. The molecule has 31 heavy (non-hydrogen) atoms. The zero-order valence-electron chi connectivity index (χ0n) is 15.0. The van der Waals surface area contributed by atoms with Gasteiger partial charge in [-0.05, 0) is 12.0 Å². The molecule has 0 aromatic rings. The molecule has 2 saturated heterocycles. The van der Waals surface area contributed by atoms with Crippen molar-refractivity contribution in [2.45, 2.75) is 18.8 Å². The second-order valence-corrected chi connectivity index (χ2v) is 7.29. The van der Waals surface area contributed by atoms with E-state index in [0.29, 0.717) is 18.2 Å². The van der Waals surface area contributed by atoms with Gasteiger partial charge in [-0.1, -0.05) is 30.4 Å². The van der Waals surface area contributed by atoms with Gasteiger partial charge in [0.15, 0.2) is 5.41 Å². The summed E-state index contributed by atoms with van der Waals surface area (Å²) in [5.41, 5.74) is -6.93. The van der Waals surface area contributed by atoms with Crippen LogP contribution in [0, 0.1) is 23.2 Å². The largest absolute Gasteiger partial charge is 0.407 e. The van der Waals surface area contributed by atoms with Crippen molar-refractivity contribution in [2.24, 2.45) is 23.2 Å². The molecule has 164 valence electrons. The molecule has 2 fully saturated rings. The van der Waals surface area contributed by atoms with Gasteiger partial charge in [-0.3, -0.25) is 9.59 Å². The summed E-state index contributed by atoms with van der Waals surface area (Å²) in [5.74, 6) is -10.2. The van der Waals surface area contributed by atoms with Crippen LogP contribution in [0.1, 0.15) is 6.42 Å². The summed E-state index contributed by atoms with van der Waals surface area (Å²) in [6.07, 6.45) is -9.81. The summed E-state index contributed by atoms with van der Waals surface area (Å²) in [6.45, 7) is 0. The minimum atomic E-state index is -5.93. The molecule has 0 bridgehead atoms. The smallest absolute Gasteiger partial charge is 0.392 e. The normalized spacial score (nSPS) is 28.5. The average Bonchev–Trinajstić information content (AvgIpc) is 3.09. The maximum absolute atomic E-state index is 14.3. The highest BCUT2D eigenvalue weighted by atomic mass is 19.4. The fraction of sp³-hybridized carbons (Fsp3) is 0.368. The summed E-state index contributed by atoms with van der Waals surface area (Å²) < 4.78 is 94.2. The first-order valence-corrected chi connectivity index (χ1v) is 8.77. The lowest BCUT2D eigenvalue weighted by molar-refractivity contribution is -0.337. The Hall–Kier alpha value is -3.18. The lowest BCUT2D eigenvalue weighted by Gasteiger charge is -2.44. The zero-order chi connectivity index (χ0) is 22.9. The van der Waals surface area contributed by atoms with Gasteiger partial charge in [0.05, 0.1) is 23.0 Å². The number of rotatable bonds is 2. The molecule has 4 aliphatic rings. The summed E-state index contributed by atoms with van der Waals surface area (Å²) >= 11 is 0. The Bertz CT molecular complexity index is 1030. The van der Waals surface area contributed by atoms with Crippen molar-refractivity contribution in [3.63, 3.8) is 0 Å². The van der Waals surface area contributed by atoms with E-state index in [9.17, 15) is 45.5 Å². The minimum absolute atomic E-state index is 0.405. The van der Waals surface area contributed by atoms with Crippen LogP contribution in [-0.4, -0.2) is 36.2 Å². The highest BCUT2D eigenvalue weighted by Gasteiger charge is 2.75. The average molecular weight is 448 g/mol. The molecule has 3 atom stereocenters. The Morgan fingerprint density at radius 3 is 1.97 bits per heavy atom. The molecular weight excluding hydrogens is 438 g/mol. The molecule has 2 aliphatic heterocycles. The van der Waals surface area contributed by atoms with Crippen LogP contribution in [0.15, 0.2) is 47.1 Å². The van der Waals surface area contributed by atoms with E-state index in [4.69, 9.17) is 0 Å². The Morgan fingerprint density at radius 1 is 0.774 bits per heavy atom. The first-order chi connectivity index (χ1) is 14.3. The highest BCUT2D eigenvalue weighted by molar-refractivity contribution is 6.18. The minimum Gasteiger partial charge on any atom is -0.392 e. The first kappa shape index (κ1) is 21.1. The van der Waals surface area contributed by atoms with Crippen LogP contribution in [0.25, 0.3) is 0 Å². The molecule has 0 aromatic carbocycles. The van der Waals surface area contributed by atoms with Gasteiger partial charge in [0.25, 0.3) is 0 Å². The van der Waals surface area contributed by atoms with Crippen LogP contribution in [-0.2, 0) is 28.7 Å². The van der Waals surface area contributed by atoms with Crippen molar-refractivity contribution in [3.05, 3.63) is 47.1 Å². The molecule has 0 N–H and O–H groups in total. The fourth-order valence-electron chi connectivity index (χ4n) is 4.32. The highest BCUT2D eigenvalue weighted by Crippen LogP contribution is 2.63. The van der Waals surface area contributed by atoms with Crippen molar-refractivity contribution in [2.75, 3.05) is 0 Å². The molecule has 4 rings (SSSR count). The van der Waals surface area contributed by atoms with E-state index in [-0.39, 0.29) is 0 Å². The molecule has 12 heteroatoms. The fourth-order valence-corrected chi connectivity index (χ4v) is 4.32. The summed E-state index contributed by atoms with van der Waals surface area (Å²) in [6, 6.07) is 0. The number of halogens is 6. The number of cyclic esters (lactones) is 4. The maximum atomic E-state index is 14.3. The monoisotopic (exact) mass is 448 g/mol. The third-order valence-corrected chi connectivity index (χ3v) is 5.74. The van der Waals surface area contributed by atoms with Crippen molar-refractivity contribution >= 4 is 23.9 Å². The standard InChI is InChI=1S/C19H10F6O6/c20-18(21,22)17(19(23,24)25,7-1-3-9-11(5-7)15(28)30-13(9)26)8-2-4-10-12(6-8)16(29)31-14(10)27/h1,3-6,8-9,11H,2H2.